The Morgan fingerprint density at radius 2 is 2.42 bits per heavy atom. The quantitative estimate of drug-likeness (QED) is 0.251. The number of hydrogen-bond donors (Lipinski definition) is 1. The monoisotopic (exact) mass is 277 g/mol. The highest BCUT2D eigenvalue weighted by atomic mass is 16.8. The maximum Gasteiger partial charge on any atom is 0.511 e. The molecule has 0 spiro atoms. The molecule has 0 aromatic carbocycles. The zero-order chi connectivity index (χ0) is 14.3. The van der Waals surface area contributed by atoms with Crippen molar-refractivity contribution in [3.05, 3.63) is 5.21 Å². The summed E-state index contributed by atoms with van der Waals surface area (Å²) in [5.41, 5.74) is 0. The van der Waals surface area contributed by atoms with Crippen LogP contribution in [-0.2, 0) is 14.3 Å². The van der Waals surface area contributed by atoms with Gasteiger partial charge in [0.2, 0.25) is 5.28 Å². The number of ether oxygens (including phenoxy) is 2. The topological polar surface area (TPSA) is 107 Å². The normalized spacial score (nSPS) is 21.1. The average molecular weight is 277 g/mol. The Hall–Kier alpha value is -1.77. The number of aliphatic hydroxyl groups is 1. The summed E-state index contributed by atoms with van der Waals surface area (Å²) in [6.07, 6.45) is -0.406. The van der Waals surface area contributed by atoms with Crippen molar-refractivity contribution < 1.29 is 29.2 Å². The first-order valence-corrected chi connectivity index (χ1v) is 6.13. The van der Waals surface area contributed by atoms with Gasteiger partial charge in [0.25, 0.3) is 6.29 Å². The van der Waals surface area contributed by atoms with Gasteiger partial charge in [-0.05, 0) is 19.8 Å². The molecule has 1 unspecified atom stereocenters. The molecule has 1 fully saturated rings. The van der Waals surface area contributed by atoms with Crippen LogP contribution in [0.1, 0.15) is 26.7 Å². The van der Waals surface area contributed by atoms with Gasteiger partial charge >= 0.3 is 6.16 Å². The van der Waals surface area contributed by atoms with Crippen LogP contribution in [0.5, 0.6) is 0 Å². The maximum absolute atomic E-state index is 11.6. The van der Waals surface area contributed by atoms with Crippen LogP contribution in [0.15, 0.2) is 5.28 Å². The second-order valence-electron chi connectivity index (χ2n) is 3.95. The Morgan fingerprint density at radius 1 is 1.68 bits per heavy atom. The van der Waals surface area contributed by atoms with Crippen LogP contribution in [0.2, 0.25) is 0 Å². The fourth-order valence-electron chi connectivity index (χ4n) is 1.69. The van der Waals surface area contributed by atoms with Crippen molar-refractivity contribution >= 4 is 6.16 Å². The summed E-state index contributed by atoms with van der Waals surface area (Å²) >= 11 is 0. The van der Waals surface area contributed by atoms with Gasteiger partial charge < -0.3 is 19.8 Å². The SMILES string of the molecule is CCOC(=O)OC(C)O/N=[N+](\[O-])N1CCC[C@H]1CO. The third kappa shape index (κ3) is 4.78. The molecule has 19 heavy (non-hydrogen) atoms. The number of aliphatic hydroxyl groups excluding tert-OH is 1. The average Bonchev–Trinajstić information content (AvgIpc) is 2.84. The molecule has 1 aliphatic rings. The molecule has 0 bridgehead atoms. The molecule has 0 radical (unpaired) electrons. The predicted octanol–water partition coefficient (Wildman–Crippen LogP) is 0.771. The van der Waals surface area contributed by atoms with Crippen LogP contribution in [0.3, 0.4) is 0 Å². The first kappa shape index (κ1) is 15.3. The molecule has 1 rings (SSSR count). The lowest BCUT2D eigenvalue weighted by atomic mass is 10.2. The molecule has 1 saturated heterocycles. The Bertz CT molecular complexity index is 324. The van der Waals surface area contributed by atoms with E-state index in [9.17, 15) is 10.0 Å². The number of hydrogen-bond acceptors (Lipinski definition) is 7. The number of nitrogens with zero attached hydrogens (tertiary/aromatic N) is 3. The van der Waals surface area contributed by atoms with E-state index in [1.807, 2.05) is 0 Å². The van der Waals surface area contributed by atoms with E-state index >= 15 is 0 Å². The molecule has 2 atom stereocenters. The highest BCUT2D eigenvalue weighted by molar-refractivity contribution is 5.59. The Morgan fingerprint density at radius 3 is 3.05 bits per heavy atom. The van der Waals surface area contributed by atoms with Crippen LogP contribution >= 0.6 is 0 Å². The molecule has 0 aromatic heterocycles. The van der Waals surface area contributed by atoms with E-state index < -0.39 is 12.4 Å². The molecule has 1 heterocycles. The van der Waals surface area contributed by atoms with E-state index in [1.165, 1.54) is 11.9 Å². The van der Waals surface area contributed by atoms with E-state index in [4.69, 9.17) is 9.94 Å². The zero-order valence-electron chi connectivity index (χ0n) is 11.0. The Balaban J connectivity index is 2.40. The van der Waals surface area contributed by atoms with Crippen molar-refractivity contribution in [3.8, 4) is 0 Å². The number of hydrazine groups is 1. The summed E-state index contributed by atoms with van der Waals surface area (Å²) in [6, 6.07) is -0.258. The highest BCUT2D eigenvalue weighted by Crippen LogP contribution is 2.16. The molecule has 0 aliphatic carbocycles. The fraction of sp³-hybridized carbons (Fsp3) is 0.900. The van der Waals surface area contributed by atoms with Gasteiger partial charge in [-0.1, -0.05) is 0 Å². The lowest BCUT2D eigenvalue weighted by molar-refractivity contribution is -0.716. The summed E-state index contributed by atoms with van der Waals surface area (Å²) in [6.45, 7) is 3.60. The molecular weight excluding hydrogens is 258 g/mol. The molecule has 9 nitrogen and oxygen atoms in total. The van der Waals surface area contributed by atoms with Gasteiger partial charge in [0.1, 0.15) is 6.04 Å². The molecule has 9 heteroatoms. The van der Waals surface area contributed by atoms with Crippen LogP contribution in [0, 0.1) is 5.21 Å². The van der Waals surface area contributed by atoms with Crippen LogP contribution in [0.4, 0.5) is 4.79 Å². The first-order chi connectivity index (χ1) is 9.08. The van der Waals surface area contributed by atoms with Gasteiger partial charge in [0.05, 0.1) is 24.7 Å². The van der Waals surface area contributed by atoms with E-state index in [0.717, 1.165) is 12.8 Å². The number of carbonyl (C=O) groups is 1. The van der Waals surface area contributed by atoms with Gasteiger partial charge in [-0.2, -0.15) is 0 Å². The first-order valence-electron chi connectivity index (χ1n) is 6.13. The second-order valence-corrected chi connectivity index (χ2v) is 3.95. The van der Waals surface area contributed by atoms with E-state index in [2.05, 4.69) is 14.8 Å². The number of carbonyl (C=O) groups excluding carboxylic acids is 1. The van der Waals surface area contributed by atoms with Gasteiger partial charge in [-0.3, -0.25) is 4.84 Å². The molecule has 0 amide bonds. The second kappa shape index (κ2) is 7.62. The van der Waals surface area contributed by atoms with E-state index in [0.29, 0.717) is 6.54 Å². The zero-order valence-corrected chi connectivity index (χ0v) is 11.0. The minimum Gasteiger partial charge on any atom is -0.569 e. The van der Waals surface area contributed by atoms with Gasteiger partial charge in [0, 0.05) is 6.92 Å². The molecule has 0 saturated carbocycles. The molecular formula is C10H19N3O6. The van der Waals surface area contributed by atoms with Crippen molar-refractivity contribution in [2.45, 2.75) is 39.0 Å². The molecule has 1 N–H and O–H groups in total. The smallest absolute Gasteiger partial charge is 0.511 e. The minimum absolute atomic E-state index is 0.122. The standard InChI is InChI=1S/C10H19N3O6/c1-3-17-10(15)18-8(2)19-11-13(16)12-6-4-5-9(12)7-14/h8-9,14H,3-7H2,1-2H3/b13-11-/t8?,9-/m0/s1. The van der Waals surface area contributed by atoms with Crippen molar-refractivity contribution in [2.75, 3.05) is 19.8 Å². The van der Waals surface area contributed by atoms with Crippen LogP contribution in [0.25, 0.3) is 0 Å². The summed E-state index contributed by atoms with van der Waals surface area (Å²) in [7, 11) is 0. The molecule has 1 aliphatic heterocycles. The Labute approximate surface area is 110 Å². The summed E-state index contributed by atoms with van der Waals surface area (Å²) in [4.78, 5) is 15.9. The van der Waals surface area contributed by atoms with E-state index in [1.54, 1.807) is 6.92 Å². The fourth-order valence-corrected chi connectivity index (χ4v) is 1.69. The lowest BCUT2D eigenvalue weighted by Crippen LogP contribution is -2.37. The molecule has 110 valence electrons. The number of rotatable bonds is 6. The van der Waals surface area contributed by atoms with Gasteiger partial charge in [-0.15, -0.1) is 5.01 Å². The largest absolute Gasteiger partial charge is 0.569 e. The van der Waals surface area contributed by atoms with Crippen molar-refractivity contribution in [2.24, 2.45) is 5.28 Å². The van der Waals surface area contributed by atoms with Gasteiger partial charge in [-0.25, -0.2) is 4.79 Å². The molecule has 0 aromatic rings. The van der Waals surface area contributed by atoms with E-state index in [-0.39, 0.29) is 24.2 Å². The predicted molar refractivity (Wildman–Crippen MR) is 61.5 cm³/mol. The minimum atomic E-state index is -1.04. The van der Waals surface area contributed by atoms with Crippen LogP contribution in [-0.4, -0.2) is 53.3 Å². The lowest BCUT2D eigenvalue weighted by Gasteiger charge is -2.18. The third-order valence-electron chi connectivity index (χ3n) is 2.57. The van der Waals surface area contributed by atoms with Gasteiger partial charge in [0.15, 0.2) is 0 Å². The third-order valence-corrected chi connectivity index (χ3v) is 2.57. The van der Waals surface area contributed by atoms with Crippen molar-refractivity contribution in [1.82, 2.24) is 5.01 Å². The Kier molecular flexibility index (Phi) is 6.13. The maximum atomic E-state index is 11.6. The summed E-state index contributed by atoms with van der Waals surface area (Å²) in [5.74, 6) is 0. The van der Waals surface area contributed by atoms with Crippen molar-refractivity contribution in [1.29, 1.82) is 0 Å². The summed E-state index contributed by atoms with van der Waals surface area (Å²) in [5, 5.41) is 25.3. The summed E-state index contributed by atoms with van der Waals surface area (Å²) < 4.78 is 9.18. The van der Waals surface area contributed by atoms with Crippen LogP contribution < -0.4 is 0 Å². The highest BCUT2D eigenvalue weighted by Gasteiger charge is 2.30. The van der Waals surface area contributed by atoms with Crippen molar-refractivity contribution in [3.63, 3.8) is 0 Å².